The zero-order valence-electron chi connectivity index (χ0n) is 11.9. The quantitative estimate of drug-likeness (QED) is 0.860. The molecular weight excluding hydrogens is 256 g/mol. The molecule has 1 aliphatic rings. The molecule has 1 N–H and O–H groups in total. The molecule has 2 amide bonds. The minimum Gasteiger partial charge on any atom is -0.376 e. The average molecular weight is 276 g/mol. The third kappa shape index (κ3) is 3.81. The van der Waals surface area contributed by atoms with Crippen LogP contribution in [0.25, 0.3) is 0 Å². The molecule has 5 heteroatoms. The summed E-state index contributed by atoms with van der Waals surface area (Å²) in [7, 11) is 1.75. The first-order valence-corrected chi connectivity index (χ1v) is 6.81. The van der Waals surface area contributed by atoms with E-state index in [1.807, 2.05) is 0 Å². The Morgan fingerprint density at radius 2 is 2.05 bits per heavy atom. The minimum atomic E-state index is -0.170. The molecule has 0 aromatic heterocycles. The zero-order chi connectivity index (χ0) is 14.5. The van der Waals surface area contributed by atoms with Crippen molar-refractivity contribution in [2.45, 2.75) is 25.9 Å². The highest BCUT2D eigenvalue weighted by atomic mass is 16.5. The van der Waals surface area contributed by atoms with Gasteiger partial charge in [0.05, 0.1) is 6.10 Å². The summed E-state index contributed by atoms with van der Waals surface area (Å²) in [4.78, 5) is 24.8. The van der Waals surface area contributed by atoms with E-state index in [9.17, 15) is 9.59 Å². The number of carbonyl (C=O) groups is 2. The topological polar surface area (TPSA) is 58.6 Å². The minimum absolute atomic E-state index is 0.0124. The van der Waals surface area contributed by atoms with Gasteiger partial charge in [0.2, 0.25) is 0 Å². The van der Waals surface area contributed by atoms with Gasteiger partial charge in [0.15, 0.2) is 5.78 Å². The number of urea groups is 1. The van der Waals surface area contributed by atoms with E-state index in [4.69, 9.17) is 4.74 Å². The third-order valence-corrected chi connectivity index (χ3v) is 3.39. The highest BCUT2D eigenvalue weighted by molar-refractivity contribution is 5.95. The molecular formula is C15H20N2O3. The fourth-order valence-electron chi connectivity index (χ4n) is 2.18. The lowest BCUT2D eigenvalue weighted by Crippen LogP contribution is -2.37. The van der Waals surface area contributed by atoms with Gasteiger partial charge in [-0.1, -0.05) is 0 Å². The lowest BCUT2D eigenvalue weighted by Gasteiger charge is -2.21. The molecule has 20 heavy (non-hydrogen) atoms. The zero-order valence-corrected chi connectivity index (χ0v) is 11.9. The third-order valence-electron chi connectivity index (χ3n) is 3.39. The van der Waals surface area contributed by atoms with E-state index in [1.54, 1.807) is 36.2 Å². The van der Waals surface area contributed by atoms with Crippen molar-refractivity contribution in [2.24, 2.45) is 0 Å². The number of anilines is 1. The van der Waals surface area contributed by atoms with Crippen molar-refractivity contribution >= 4 is 17.5 Å². The fraction of sp³-hybridized carbons (Fsp3) is 0.467. The SMILES string of the molecule is CC(=O)c1ccc(NC(=O)N(C)CC2CCCO2)cc1. The molecule has 0 saturated carbocycles. The predicted molar refractivity (Wildman–Crippen MR) is 77.1 cm³/mol. The molecule has 1 saturated heterocycles. The molecule has 1 unspecified atom stereocenters. The molecule has 2 rings (SSSR count). The number of carbonyl (C=O) groups excluding carboxylic acids is 2. The van der Waals surface area contributed by atoms with Crippen molar-refractivity contribution in [1.29, 1.82) is 0 Å². The summed E-state index contributed by atoms with van der Waals surface area (Å²) in [5.41, 5.74) is 1.31. The van der Waals surface area contributed by atoms with Gasteiger partial charge >= 0.3 is 6.03 Å². The van der Waals surface area contributed by atoms with Crippen molar-refractivity contribution < 1.29 is 14.3 Å². The van der Waals surface area contributed by atoms with Gasteiger partial charge in [0, 0.05) is 31.5 Å². The van der Waals surface area contributed by atoms with Crippen LogP contribution in [-0.2, 0) is 4.74 Å². The van der Waals surface area contributed by atoms with Crippen molar-refractivity contribution in [2.75, 3.05) is 25.5 Å². The Morgan fingerprint density at radius 1 is 1.35 bits per heavy atom. The maximum absolute atomic E-state index is 12.0. The normalized spacial score (nSPS) is 17.8. The van der Waals surface area contributed by atoms with Crippen molar-refractivity contribution in [3.8, 4) is 0 Å². The lowest BCUT2D eigenvalue weighted by molar-refractivity contribution is 0.0894. The number of nitrogens with one attached hydrogen (secondary N) is 1. The second-order valence-electron chi connectivity index (χ2n) is 5.08. The summed E-state index contributed by atoms with van der Waals surface area (Å²) in [5.74, 6) is 0.0124. The van der Waals surface area contributed by atoms with Crippen LogP contribution in [0.4, 0.5) is 10.5 Å². The molecule has 0 bridgehead atoms. The fourth-order valence-corrected chi connectivity index (χ4v) is 2.18. The second kappa shape index (κ2) is 6.52. The van der Waals surface area contributed by atoms with E-state index in [-0.39, 0.29) is 17.9 Å². The van der Waals surface area contributed by atoms with Crippen molar-refractivity contribution in [3.05, 3.63) is 29.8 Å². The highest BCUT2D eigenvalue weighted by Crippen LogP contribution is 2.14. The molecule has 1 atom stereocenters. The summed E-state index contributed by atoms with van der Waals surface area (Å²) in [6, 6.07) is 6.70. The predicted octanol–water partition coefficient (Wildman–Crippen LogP) is 2.53. The molecule has 1 aliphatic heterocycles. The largest absolute Gasteiger partial charge is 0.376 e. The number of rotatable bonds is 4. The van der Waals surface area contributed by atoms with Crippen LogP contribution < -0.4 is 5.32 Å². The number of nitrogens with zero attached hydrogens (tertiary/aromatic N) is 1. The van der Waals surface area contributed by atoms with E-state index in [0.717, 1.165) is 19.4 Å². The number of ketones is 1. The Morgan fingerprint density at radius 3 is 2.60 bits per heavy atom. The van der Waals surface area contributed by atoms with Crippen LogP contribution in [0.3, 0.4) is 0 Å². The smallest absolute Gasteiger partial charge is 0.321 e. The van der Waals surface area contributed by atoms with Crippen LogP contribution in [0.15, 0.2) is 24.3 Å². The van der Waals surface area contributed by atoms with Gasteiger partial charge < -0.3 is 15.0 Å². The molecule has 0 aliphatic carbocycles. The van der Waals surface area contributed by atoms with Crippen LogP contribution in [0.1, 0.15) is 30.1 Å². The summed E-state index contributed by atoms with van der Waals surface area (Å²) < 4.78 is 5.51. The first-order chi connectivity index (χ1) is 9.56. The average Bonchev–Trinajstić information content (AvgIpc) is 2.92. The number of hydrogen-bond acceptors (Lipinski definition) is 3. The molecule has 1 aromatic carbocycles. The van der Waals surface area contributed by atoms with Gasteiger partial charge in [-0.2, -0.15) is 0 Å². The number of hydrogen-bond donors (Lipinski definition) is 1. The van der Waals surface area contributed by atoms with Gasteiger partial charge in [-0.15, -0.1) is 0 Å². The highest BCUT2D eigenvalue weighted by Gasteiger charge is 2.20. The second-order valence-corrected chi connectivity index (χ2v) is 5.08. The van der Waals surface area contributed by atoms with E-state index >= 15 is 0 Å². The number of ether oxygens (including phenoxy) is 1. The molecule has 1 aromatic rings. The summed E-state index contributed by atoms with van der Waals surface area (Å²) in [6.45, 7) is 2.90. The van der Waals surface area contributed by atoms with Crippen LogP contribution in [0.2, 0.25) is 0 Å². The summed E-state index contributed by atoms with van der Waals surface area (Å²) in [5, 5.41) is 2.80. The Hall–Kier alpha value is -1.88. The van der Waals surface area contributed by atoms with Crippen LogP contribution in [0.5, 0.6) is 0 Å². The monoisotopic (exact) mass is 276 g/mol. The lowest BCUT2D eigenvalue weighted by atomic mass is 10.1. The Bertz CT molecular complexity index is 478. The number of likely N-dealkylation sites (N-methyl/N-ethyl adjacent to an activating group) is 1. The molecule has 0 radical (unpaired) electrons. The first kappa shape index (κ1) is 14.5. The van der Waals surface area contributed by atoms with Gasteiger partial charge in [-0.05, 0) is 44.0 Å². The van der Waals surface area contributed by atoms with Gasteiger partial charge in [-0.3, -0.25) is 4.79 Å². The molecule has 5 nitrogen and oxygen atoms in total. The number of Topliss-reactive ketones (excluding diaryl/α,β-unsaturated/α-hetero) is 1. The Labute approximate surface area is 118 Å². The van der Waals surface area contributed by atoms with Gasteiger partial charge in [-0.25, -0.2) is 4.79 Å². The maximum atomic E-state index is 12.0. The molecule has 108 valence electrons. The van der Waals surface area contributed by atoms with Crippen molar-refractivity contribution in [1.82, 2.24) is 4.90 Å². The van der Waals surface area contributed by atoms with E-state index in [2.05, 4.69) is 5.32 Å². The van der Waals surface area contributed by atoms with Crippen LogP contribution >= 0.6 is 0 Å². The summed E-state index contributed by atoms with van der Waals surface area (Å²) in [6.07, 6.45) is 2.21. The number of amides is 2. The molecule has 1 fully saturated rings. The maximum Gasteiger partial charge on any atom is 0.321 e. The molecule has 0 spiro atoms. The molecule has 1 heterocycles. The number of benzene rings is 1. The van der Waals surface area contributed by atoms with Crippen LogP contribution in [-0.4, -0.2) is 43.0 Å². The van der Waals surface area contributed by atoms with Gasteiger partial charge in [0.25, 0.3) is 0 Å². The summed E-state index contributed by atoms with van der Waals surface area (Å²) >= 11 is 0. The van der Waals surface area contributed by atoms with E-state index < -0.39 is 0 Å². The van der Waals surface area contributed by atoms with Gasteiger partial charge in [0.1, 0.15) is 0 Å². The first-order valence-electron chi connectivity index (χ1n) is 6.81. The Balaban J connectivity index is 1.87. The van der Waals surface area contributed by atoms with Crippen LogP contribution in [0, 0.1) is 0 Å². The Kier molecular flexibility index (Phi) is 4.74. The van der Waals surface area contributed by atoms with E-state index in [1.165, 1.54) is 6.92 Å². The van der Waals surface area contributed by atoms with Crippen molar-refractivity contribution in [3.63, 3.8) is 0 Å². The van der Waals surface area contributed by atoms with E-state index in [0.29, 0.717) is 17.8 Å². The standard InChI is InChI=1S/C15H20N2O3/c1-11(18)12-5-7-13(8-6-12)16-15(19)17(2)10-14-4-3-9-20-14/h5-8,14H,3-4,9-10H2,1-2H3,(H,16,19).